The second-order valence-electron chi connectivity index (χ2n) is 5.93. The fourth-order valence-electron chi connectivity index (χ4n) is 3.08. The average Bonchev–Trinajstić information content (AvgIpc) is 2.41. The quantitative estimate of drug-likeness (QED) is 0.462. The van der Waals surface area contributed by atoms with Crippen LogP contribution in [0.2, 0.25) is 0 Å². The Bertz CT molecular complexity index is 383. The van der Waals surface area contributed by atoms with Crippen molar-refractivity contribution in [2.24, 2.45) is 10.8 Å². The molecule has 1 aliphatic carbocycles. The zero-order chi connectivity index (χ0) is 12.1. The molecule has 3 heteroatoms. The lowest BCUT2D eigenvalue weighted by molar-refractivity contribution is -0.146. The van der Waals surface area contributed by atoms with Gasteiger partial charge in [-0.25, -0.2) is 0 Å². The number of Topliss-reactive ketones (excluding diaryl/α,β-unsaturated/α-hetero) is 1. The van der Waals surface area contributed by atoms with Crippen LogP contribution in [-0.2, 0) is 9.59 Å². The molecule has 0 aromatic carbocycles. The molecule has 1 unspecified atom stereocenters. The van der Waals surface area contributed by atoms with Gasteiger partial charge in [-0.2, -0.15) is 0 Å². The van der Waals surface area contributed by atoms with E-state index in [0.29, 0.717) is 19.4 Å². The first kappa shape index (κ1) is 11.4. The maximum atomic E-state index is 12.3. The van der Waals surface area contributed by atoms with Gasteiger partial charge in [0.05, 0.1) is 0 Å². The van der Waals surface area contributed by atoms with E-state index in [4.69, 9.17) is 0 Å². The van der Waals surface area contributed by atoms with Gasteiger partial charge in [-0.05, 0) is 18.3 Å². The topological polar surface area (TPSA) is 37.4 Å². The monoisotopic (exact) mass is 221 g/mol. The summed E-state index contributed by atoms with van der Waals surface area (Å²) in [5.41, 5.74) is -0.143. The van der Waals surface area contributed by atoms with Crippen LogP contribution in [0.5, 0.6) is 0 Å². The Balaban J connectivity index is 2.46. The molecule has 88 valence electrons. The van der Waals surface area contributed by atoms with Gasteiger partial charge < -0.3 is 4.90 Å². The van der Waals surface area contributed by atoms with E-state index in [9.17, 15) is 9.59 Å². The van der Waals surface area contributed by atoms with Gasteiger partial charge in [-0.3, -0.25) is 9.59 Å². The number of carbonyl (C=O) groups is 2. The summed E-state index contributed by atoms with van der Waals surface area (Å²) in [7, 11) is 1.77. The molecule has 16 heavy (non-hydrogen) atoms. The summed E-state index contributed by atoms with van der Waals surface area (Å²) in [6.45, 7) is 8.77. The minimum atomic E-state index is -0.892. The first-order valence-electron chi connectivity index (χ1n) is 5.77. The highest BCUT2D eigenvalue weighted by atomic mass is 16.2. The van der Waals surface area contributed by atoms with Gasteiger partial charge in [0.25, 0.3) is 0 Å². The highest BCUT2D eigenvalue weighted by Gasteiger charge is 2.58. The molecule has 1 amide bonds. The number of hydrogen-bond donors (Lipinski definition) is 0. The highest BCUT2D eigenvalue weighted by molar-refractivity contribution is 6.11. The smallest absolute Gasteiger partial charge is 0.240 e. The molecule has 2 rings (SSSR count). The third-order valence-corrected chi connectivity index (χ3v) is 3.92. The number of hydrogen-bond acceptors (Lipinski definition) is 2. The normalized spacial score (nSPS) is 33.9. The maximum absolute atomic E-state index is 12.3. The molecule has 1 aliphatic heterocycles. The number of likely N-dealkylation sites (tertiary alicyclic amines) is 1. The van der Waals surface area contributed by atoms with Crippen molar-refractivity contribution in [3.63, 3.8) is 0 Å². The molecule has 3 nitrogen and oxygen atoms in total. The predicted molar refractivity (Wildman–Crippen MR) is 61.8 cm³/mol. The average molecular weight is 221 g/mol. The minimum Gasteiger partial charge on any atom is -0.344 e. The Kier molecular flexibility index (Phi) is 2.26. The van der Waals surface area contributed by atoms with Gasteiger partial charge in [-0.1, -0.05) is 26.0 Å². The highest BCUT2D eigenvalue weighted by Crippen LogP contribution is 2.53. The summed E-state index contributed by atoms with van der Waals surface area (Å²) in [4.78, 5) is 26.2. The summed E-state index contributed by atoms with van der Waals surface area (Å²) < 4.78 is 0. The molecule has 0 aromatic rings. The van der Waals surface area contributed by atoms with Crippen LogP contribution in [-0.4, -0.2) is 30.2 Å². The van der Waals surface area contributed by atoms with Crippen molar-refractivity contribution >= 4 is 11.7 Å². The van der Waals surface area contributed by atoms with E-state index < -0.39 is 5.41 Å². The second-order valence-corrected chi connectivity index (χ2v) is 5.93. The molecule has 0 radical (unpaired) electrons. The minimum absolute atomic E-state index is 0.0423. The Morgan fingerprint density at radius 3 is 2.44 bits per heavy atom. The first-order chi connectivity index (χ1) is 7.29. The molecule has 0 bridgehead atoms. The molecule has 1 saturated carbocycles. The molecular weight excluding hydrogens is 202 g/mol. The van der Waals surface area contributed by atoms with E-state index in [0.717, 1.165) is 12.0 Å². The van der Waals surface area contributed by atoms with Crippen LogP contribution in [0.1, 0.15) is 33.1 Å². The van der Waals surface area contributed by atoms with Crippen LogP contribution in [0, 0.1) is 10.8 Å². The number of rotatable bonds is 0. The van der Waals surface area contributed by atoms with Gasteiger partial charge in [0.2, 0.25) is 5.91 Å². The van der Waals surface area contributed by atoms with Crippen molar-refractivity contribution in [3.05, 3.63) is 12.2 Å². The largest absolute Gasteiger partial charge is 0.344 e. The molecule has 1 spiro atoms. The zero-order valence-electron chi connectivity index (χ0n) is 10.3. The maximum Gasteiger partial charge on any atom is 0.240 e. The van der Waals surface area contributed by atoms with Crippen LogP contribution in [0.3, 0.4) is 0 Å². The van der Waals surface area contributed by atoms with Crippen molar-refractivity contribution < 1.29 is 9.59 Å². The third-order valence-electron chi connectivity index (χ3n) is 3.92. The van der Waals surface area contributed by atoms with E-state index in [-0.39, 0.29) is 17.1 Å². The van der Waals surface area contributed by atoms with Gasteiger partial charge >= 0.3 is 0 Å². The fraction of sp³-hybridized carbons (Fsp3) is 0.692. The van der Waals surface area contributed by atoms with Crippen LogP contribution in [0.15, 0.2) is 12.2 Å². The zero-order valence-corrected chi connectivity index (χ0v) is 10.3. The van der Waals surface area contributed by atoms with E-state index in [1.165, 1.54) is 0 Å². The molecule has 2 aliphatic rings. The number of ketones is 1. The van der Waals surface area contributed by atoms with Crippen LogP contribution < -0.4 is 0 Å². The lowest BCUT2D eigenvalue weighted by Crippen LogP contribution is -2.50. The van der Waals surface area contributed by atoms with Crippen LogP contribution >= 0.6 is 0 Å². The lowest BCUT2D eigenvalue weighted by atomic mass is 9.71. The van der Waals surface area contributed by atoms with E-state index in [1.54, 1.807) is 11.9 Å². The summed E-state index contributed by atoms with van der Waals surface area (Å²) in [6, 6.07) is 0. The molecular formula is C13H19NO2. The number of amides is 1. The Hall–Kier alpha value is -1.12. The van der Waals surface area contributed by atoms with Crippen molar-refractivity contribution in [1.82, 2.24) is 4.90 Å². The summed E-state index contributed by atoms with van der Waals surface area (Å²) in [5, 5.41) is 0. The van der Waals surface area contributed by atoms with Crippen molar-refractivity contribution in [2.75, 3.05) is 13.6 Å². The fourth-order valence-corrected chi connectivity index (χ4v) is 3.08. The van der Waals surface area contributed by atoms with E-state index >= 15 is 0 Å². The van der Waals surface area contributed by atoms with Gasteiger partial charge in [0, 0.05) is 20.0 Å². The van der Waals surface area contributed by atoms with Gasteiger partial charge in [0.1, 0.15) is 5.41 Å². The molecule has 1 heterocycles. The lowest BCUT2D eigenvalue weighted by Gasteiger charge is -2.39. The van der Waals surface area contributed by atoms with E-state index in [2.05, 4.69) is 20.4 Å². The van der Waals surface area contributed by atoms with Crippen molar-refractivity contribution in [3.8, 4) is 0 Å². The SMILES string of the molecule is C=C1CCN(C)C(=O)C12CC(C)(C)CC2=O. The van der Waals surface area contributed by atoms with Crippen molar-refractivity contribution in [2.45, 2.75) is 33.1 Å². The van der Waals surface area contributed by atoms with Crippen molar-refractivity contribution in [1.29, 1.82) is 0 Å². The molecule has 1 saturated heterocycles. The third kappa shape index (κ3) is 1.34. The first-order valence-corrected chi connectivity index (χ1v) is 5.77. The Morgan fingerprint density at radius 2 is 1.94 bits per heavy atom. The number of piperidine rings is 1. The van der Waals surface area contributed by atoms with Gasteiger partial charge in [-0.15, -0.1) is 0 Å². The van der Waals surface area contributed by atoms with Crippen LogP contribution in [0.4, 0.5) is 0 Å². The standard InChI is InChI=1S/C13H19NO2/c1-9-5-6-14(4)11(16)13(9)8-12(2,3)7-10(13)15/h1,5-8H2,2-4H3. The molecule has 1 atom stereocenters. The summed E-state index contributed by atoms with van der Waals surface area (Å²) in [6.07, 6.45) is 1.87. The van der Waals surface area contributed by atoms with E-state index in [1.807, 2.05) is 0 Å². The molecule has 0 aromatic heterocycles. The summed E-state index contributed by atoms with van der Waals surface area (Å²) >= 11 is 0. The number of nitrogens with zero attached hydrogens (tertiary/aromatic N) is 1. The van der Waals surface area contributed by atoms with Gasteiger partial charge in [0.15, 0.2) is 5.78 Å². The Morgan fingerprint density at radius 1 is 1.31 bits per heavy atom. The predicted octanol–water partition coefficient (Wildman–Crippen LogP) is 1.78. The van der Waals surface area contributed by atoms with Crippen LogP contribution in [0.25, 0.3) is 0 Å². The summed E-state index contributed by atoms with van der Waals surface area (Å²) in [5.74, 6) is 0.0263. The molecule has 0 N–H and O–H groups in total. The number of carbonyl (C=O) groups excluding carboxylic acids is 2. The molecule has 2 fully saturated rings. The Labute approximate surface area is 96.5 Å². The second kappa shape index (κ2) is 3.19.